The molecule has 3 heteroatoms. The number of rotatable bonds is 12. The van der Waals surface area contributed by atoms with Crippen molar-refractivity contribution in [2.75, 3.05) is 26.2 Å². The molecule has 0 bridgehead atoms. The van der Waals surface area contributed by atoms with Crippen molar-refractivity contribution in [2.24, 2.45) is 4.99 Å². The van der Waals surface area contributed by atoms with Gasteiger partial charge in [0.05, 0.1) is 0 Å². The number of nitrogens with one attached hydrogen (secondary N) is 1. The van der Waals surface area contributed by atoms with Gasteiger partial charge in [0.25, 0.3) is 0 Å². The Bertz CT molecular complexity index is 489. The van der Waals surface area contributed by atoms with Gasteiger partial charge in [-0.15, -0.1) is 0 Å². The number of nitrogens with zero attached hydrogens (tertiary/aromatic N) is 2. The molecule has 0 atom stereocenters. The minimum atomic E-state index is 0.921. The molecule has 0 aliphatic rings. The van der Waals surface area contributed by atoms with Crippen LogP contribution in [0.4, 0.5) is 0 Å². The summed E-state index contributed by atoms with van der Waals surface area (Å²) in [6.07, 6.45) is 6.28. The molecule has 0 unspecified atom stereocenters. The lowest BCUT2D eigenvalue weighted by atomic mass is 10.0. The topological polar surface area (TPSA) is 27.6 Å². The highest BCUT2D eigenvalue weighted by molar-refractivity contribution is 5.56. The predicted molar refractivity (Wildman–Crippen MR) is 110 cm³/mol. The zero-order chi connectivity index (χ0) is 18.5. The minimum Gasteiger partial charge on any atom is -0.384 e. The summed E-state index contributed by atoms with van der Waals surface area (Å²) in [7, 11) is 0. The summed E-state index contributed by atoms with van der Waals surface area (Å²) >= 11 is 0. The monoisotopic (exact) mass is 331 g/mol. The SMILES string of the molecule is C=C(/C=C(\C)C(=C)NCCN(CCC)CCC)/C(C)=C(/C)N=CC. The third kappa shape index (κ3) is 8.88. The summed E-state index contributed by atoms with van der Waals surface area (Å²) in [4.78, 5) is 6.82. The molecule has 3 nitrogen and oxygen atoms in total. The fraction of sp³-hybridized carbons (Fsp3) is 0.571. The molecule has 0 saturated heterocycles. The molecule has 136 valence electrons. The highest BCUT2D eigenvalue weighted by atomic mass is 15.1. The average molecular weight is 332 g/mol. The predicted octanol–water partition coefficient (Wildman–Crippen LogP) is 5.10. The summed E-state index contributed by atoms with van der Waals surface area (Å²) in [6.45, 7) is 25.1. The Labute approximate surface area is 149 Å². The van der Waals surface area contributed by atoms with Crippen LogP contribution in [-0.2, 0) is 0 Å². The lowest BCUT2D eigenvalue weighted by Gasteiger charge is -2.22. The Morgan fingerprint density at radius 3 is 2.12 bits per heavy atom. The fourth-order valence-corrected chi connectivity index (χ4v) is 2.45. The summed E-state index contributed by atoms with van der Waals surface area (Å²) in [6, 6.07) is 0. The molecule has 0 aliphatic carbocycles. The van der Waals surface area contributed by atoms with Crippen molar-refractivity contribution in [3.8, 4) is 0 Å². The van der Waals surface area contributed by atoms with Crippen LogP contribution in [0, 0.1) is 0 Å². The first kappa shape index (κ1) is 22.4. The van der Waals surface area contributed by atoms with Crippen molar-refractivity contribution in [3.63, 3.8) is 0 Å². The molecular formula is C21H37N3. The molecular weight excluding hydrogens is 294 g/mol. The van der Waals surface area contributed by atoms with E-state index >= 15 is 0 Å². The summed E-state index contributed by atoms with van der Waals surface area (Å²) < 4.78 is 0. The molecule has 0 rings (SSSR count). The van der Waals surface area contributed by atoms with Crippen LogP contribution in [0.3, 0.4) is 0 Å². The van der Waals surface area contributed by atoms with Gasteiger partial charge in [-0.25, -0.2) is 0 Å². The quantitative estimate of drug-likeness (QED) is 0.398. The molecule has 0 spiro atoms. The van der Waals surface area contributed by atoms with Crippen molar-refractivity contribution in [1.29, 1.82) is 0 Å². The molecule has 0 aromatic carbocycles. The fourth-order valence-electron chi connectivity index (χ4n) is 2.45. The zero-order valence-corrected chi connectivity index (χ0v) is 16.7. The summed E-state index contributed by atoms with van der Waals surface area (Å²) in [5, 5.41) is 3.44. The van der Waals surface area contributed by atoms with E-state index in [4.69, 9.17) is 0 Å². The number of allylic oxidation sites excluding steroid dienone is 5. The molecule has 24 heavy (non-hydrogen) atoms. The molecule has 0 amide bonds. The first-order chi connectivity index (χ1) is 11.4. The van der Waals surface area contributed by atoms with Crippen molar-refractivity contribution in [2.45, 2.75) is 54.4 Å². The Hall–Kier alpha value is -1.61. The molecule has 0 aromatic rings. The van der Waals surface area contributed by atoms with E-state index in [9.17, 15) is 0 Å². The average Bonchev–Trinajstić information content (AvgIpc) is 2.54. The normalized spacial score (nSPS) is 13.4. The van der Waals surface area contributed by atoms with Gasteiger partial charge in [-0.2, -0.15) is 0 Å². The van der Waals surface area contributed by atoms with Crippen LogP contribution in [0.1, 0.15) is 54.4 Å². The van der Waals surface area contributed by atoms with Gasteiger partial charge in [-0.05, 0) is 70.3 Å². The van der Waals surface area contributed by atoms with Gasteiger partial charge in [-0.3, -0.25) is 4.99 Å². The van der Waals surface area contributed by atoms with E-state index < -0.39 is 0 Å². The largest absolute Gasteiger partial charge is 0.384 e. The van der Waals surface area contributed by atoms with Gasteiger partial charge in [0.15, 0.2) is 0 Å². The van der Waals surface area contributed by atoms with Crippen LogP contribution in [0.15, 0.2) is 52.3 Å². The maximum atomic E-state index is 4.32. The molecule has 0 heterocycles. The van der Waals surface area contributed by atoms with E-state index in [0.717, 1.165) is 54.3 Å². The molecule has 0 saturated carbocycles. The van der Waals surface area contributed by atoms with Gasteiger partial charge >= 0.3 is 0 Å². The maximum Gasteiger partial charge on any atom is 0.0403 e. The third-order valence-corrected chi connectivity index (χ3v) is 4.06. The number of aliphatic imine (C=N–C) groups is 1. The van der Waals surface area contributed by atoms with Gasteiger partial charge in [0.2, 0.25) is 0 Å². The molecule has 0 aliphatic heterocycles. The molecule has 0 aromatic heterocycles. The number of hydrogen-bond donors (Lipinski definition) is 1. The van der Waals surface area contributed by atoms with Crippen LogP contribution in [0.25, 0.3) is 0 Å². The smallest absolute Gasteiger partial charge is 0.0403 e. The van der Waals surface area contributed by atoms with Crippen molar-refractivity contribution in [3.05, 3.63) is 47.3 Å². The van der Waals surface area contributed by atoms with E-state index in [0.29, 0.717) is 0 Å². The van der Waals surface area contributed by atoms with Crippen LogP contribution < -0.4 is 5.32 Å². The standard InChI is InChI=1S/C21H37N3/c1-9-13-24(14-10-2)15-12-23-20(7)18(5)16-17(4)19(6)21(8)22-11-3/h11,16,23H,4,7,9-10,12-15H2,1-3,5-6,8H3/b18-16+,21-19-,22-11?. The maximum absolute atomic E-state index is 4.32. The van der Waals surface area contributed by atoms with Gasteiger partial charge in [-0.1, -0.05) is 33.1 Å². The third-order valence-electron chi connectivity index (χ3n) is 4.06. The Morgan fingerprint density at radius 1 is 1.04 bits per heavy atom. The summed E-state index contributed by atoms with van der Waals surface area (Å²) in [5.74, 6) is 0. The second-order valence-corrected chi connectivity index (χ2v) is 6.20. The second kappa shape index (κ2) is 12.8. The van der Waals surface area contributed by atoms with E-state index in [-0.39, 0.29) is 0 Å². The Kier molecular flexibility index (Phi) is 11.9. The van der Waals surface area contributed by atoms with Crippen LogP contribution in [-0.4, -0.2) is 37.3 Å². The molecule has 0 radical (unpaired) electrons. The molecule has 1 N–H and O–H groups in total. The zero-order valence-electron chi connectivity index (χ0n) is 16.7. The summed E-state index contributed by atoms with van der Waals surface area (Å²) in [5.41, 5.74) is 5.17. The van der Waals surface area contributed by atoms with Crippen molar-refractivity contribution in [1.82, 2.24) is 10.2 Å². The highest BCUT2D eigenvalue weighted by Crippen LogP contribution is 2.17. The number of hydrogen-bond acceptors (Lipinski definition) is 3. The van der Waals surface area contributed by atoms with Crippen molar-refractivity contribution >= 4 is 6.21 Å². The lowest BCUT2D eigenvalue weighted by molar-refractivity contribution is 0.277. The first-order valence-corrected chi connectivity index (χ1v) is 9.06. The van der Waals surface area contributed by atoms with E-state index in [1.807, 2.05) is 20.1 Å². The van der Waals surface area contributed by atoms with E-state index in [1.54, 1.807) is 0 Å². The minimum absolute atomic E-state index is 0.921. The van der Waals surface area contributed by atoms with Gasteiger partial charge < -0.3 is 10.2 Å². The Balaban J connectivity index is 4.60. The van der Waals surface area contributed by atoms with Crippen LogP contribution in [0.2, 0.25) is 0 Å². The van der Waals surface area contributed by atoms with E-state index in [1.165, 1.54) is 12.8 Å². The highest BCUT2D eigenvalue weighted by Gasteiger charge is 2.04. The lowest BCUT2D eigenvalue weighted by Crippen LogP contribution is -2.33. The first-order valence-electron chi connectivity index (χ1n) is 9.06. The second-order valence-electron chi connectivity index (χ2n) is 6.20. The van der Waals surface area contributed by atoms with Crippen LogP contribution >= 0.6 is 0 Å². The molecule has 0 fully saturated rings. The van der Waals surface area contributed by atoms with Crippen LogP contribution in [0.5, 0.6) is 0 Å². The van der Waals surface area contributed by atoms with E-state index in [2.05, 4.69) is 62.1 Å². The van der Waals surface area contributed by atoms with Gasteiger partial charge in [0.1, 0.15) is 0 Å². The van der Waals surface area contributed by atoms with Crippen molar-refractivity contribution < 1.29 is 0 Å². The van der Waals surface area contributed by atoms with Gasteiger partial charge in [0, 0.05) is 30.7 Å². The Morgan fingerprint density at radius 2 is 1.62 bits per heavy atom.